The van der Waals surface area contributed by atoms with E-state index in [-0.39, 0.29) is 11.1 Å². The van der Waals surface area contributed by atoms with Gasteiger partial charge in [0.25, 0.3) is 0 Å². The van der Waals surface area contributed by atoms with Gasteiger partial charge >= 0.3 is 0 Å². The minimum Gasteiger partial charge on any atom is -0.413 e. The van der Waals surface area contributed by atoms with E-state index in [1.807, 2.05) is 0 Å². The van der Waals surface area contributed by atoms with Crippen LogP contribution in [0.2, 0.25) is 18.1 Å². The van der Waals surface area contributed by atoms with Gasteiger partial charge in [0, 0.05) is 12.0 Å². The van der Waals surface area contributed by atoms with Crippen LogP contribution in [0.25, 0.3) is 0 Å². The van der Waals surface area contributed by atoms with Crippen molar-refractivity contribution in [3.8, 4) is 0 Å². The topological polar surface area (TPSA) is 42.4 Å². The first-order valence-corrected chi connectivity index (χ1v) is 15.0. The van der Waals surface area contributed by atoms with Gasteiger partial charge in [-0.25, -0.2) is 4.98 Å². The third-order valence-corrected chi connectivity index (χ3v) is 11.7. The first kappa shape index (κ1) is 26.5. The molecule has 1 heterocycles. The Morgan fingerprint density at radius 1 is 1.31 bits per heavy atom. The van der Waals surface area contributed by atoms with Crippen molar-refractivity contribution in [2.24, 2.45) is 11.8 Å². The Bertz CT molecular complexity index is 633. The predicted molar refractivity (Wildman–Crippen MR) is 130 cm³/mol. The third kappa shape index (κ3) is 9.45. The second-order valence-electron chi connectivity index (χ2n) is 10.4. The predicted octanol–water partition coefficient (Wildman–Crippen LogP) is 7.16. The second kappa shape index (κ2) is 11.8. The molecule has 0 aliphatic rings. The number of thiazole rings is 1. The lowest BCUT2D eigenvalue weighted by Gasteiger charge is -2.41. The molecular formula is C24H45NO2SSi. The van der Waals surface area contributed by atoms with Crippen molar-refractivity contribution in [2.75, 3.05) is 6.61 Å². The van der Waals surface area contributed by atoms with Crippen LogP contribution >= 0.6 is 11.3 Å². The smallest absolute Gasteiger partial charge is 0.192 e. The molecule has 0 fully saturated rings. The van der Waals surface area contributed by atoms with Crippen molar-refractivity contribution >= 4 is 19.7 Å². The van der Waals surface area contributed by atoms with Gasteiger partial charge in [0.2, 0.25) is 0 Å². The molecule has 1 aromatic heterocycles. The van der Waals surface area contributed by atoms with Gasteiger partial charge in [-0.1, -0.05) is 46.3 Å². The van der Waals surface area contributed by atoms with E-state index in [0.717, 1.165) is 37.1 Å². The molecule has 0 spiro atoms. The molecule has 0 radical (unpaired) electrons. The molecule has 0 aliphatic carbocycles. The van der Waals surface area contributed by atoms with Crippen LogP contribution in [0.15, 0.2) is 17.0 Å². The maximum Gasteiger partial charge on any atom is 0.192 e. The van der Waals surface area contributed by atoms with Crippen LogP contribution in [-0.2, 0) is 10.8 Å². The fraction of sp³-hybridized carbons (Fsp3) is 0.792. The monoisotopic (exact) mass is 439 g/mol. The number of aryl methyl sites for hydroxylation is 1. The number of rotatable bonds is 12. The van der Waals surface area contributed by atoms with Gasteiger partial charge in [-0.15, -0.1) is 11.3 Å². The lowest BCUT2D eigenvalue weighted by atomic mass is 9.95. The van der Waals surface area contributed by atoms with Crippen molar-refractivity contribution in [1.82, 2.24) is 4.98 Å². The highest BCUT2D eigenvalue weighted by molar-refractivity contribution is 7.09. The molecule has 1 N–H and O–H groups in total. The van der Waals surface area contributed by atoms with E-state index < -0.39 is 8.32 Å². The molecule has 168 valence electrons. The molecule has 29 heavy (non-hydrogen) atoms. The fourth-order valence-corrected chi connectivity index (χ4v) is 5.22. The number of nitrogens with zero attached hydrogens (tertiary/aromatic N) is 1. The summed E-state index contributed by atoms with van der Waals surface area (Å²) in [7, 11) is -1.83. The minimum absolute atomic E-state index is 0.210. The highest BCUT2D eigenvalue weighted by Gasteiger charge is 2.40. The van der Waals surface area contributed by atoms with Crippen molar-refractivity contribution in [1.29, 1.82) is 0 Å². The SMILES string of the molecule is C/C(=C/C[C@@H](O[Si](C)(C)C(C)(C)C)C(C)Cc1csc(C)n1)CCC[C@@H](C)CO. The molecule has 5 heteroatoms. The molecule has 0 amide bonds. The van der Waals surface area contributed by atoms with E-state index >= 15 is 0 Å². The summed E-state index contributed by atoms with van der Waals surface area (Å²) in [5.74, 6) is 0.836. The van der Waals surface area contributed by atoms with Gasteiger partial charge in [-0.05, 0) is 75.9 Å². The Balaban J connectivity index is 2.82. The molecule has 3 nitrogen and oxygen atoms in total. The Kier molecular flexibility index (Phi) is 10.8. The highest BCUT2D eigenvalue weighted by atomic mass is 32.1. The van der Waals surface area contributed by atoms with E-state index in [9.17, 15) is 5.11 Å². The summed E-state index contributed by atoms with van der Waals surface area (Å²) in [5, 5.41) is 12.7. The lowest BCUT2D eigenvalue weighted by molar-refractivity contribution is 0.127. The maximum atomic E-state index is 9.20. The first-order chi connectivity index (χ1) is 13.4. The second-order valence-corrected chi connectivity index (χ2v) is 16.2. The van der Waals surface area contributed by atoms with Crippen LogP contribution in [0.4, 0.5) is 0 Å². The van der Waals surface area contributed by atoms with Crippen LogP contribution in [0.1, 0.15) is 77.9 Å². The normalized spacial score (nSPS) is 16.7. The van der Waals surface area contributed by atoms with E-state index in [4.69, 9.17) is 4.43 Å². The molecule has 0 bridgehead atoms. The number of aromatic nitrogens is 1. The summed E-state index contributed by atoms with van der Waals surface area (Å²) < 4.78 is 6.89. The van der Waals surface area contributed by atoms with Gasteiger partial charge < -0.3 is 9.53 Å². The summed E-state index contributed by atoms with van der Waals surface area (Å²) in [6.07, 6.45) is 7.91. The zero-order chi connectivity index (χ0) is 22.2. The van der Waals surface area contributed by atoms with E-state index in [0.29, 0.717) is 18.4 Å². The molecule has 1 unspecified atom stereocenters. The number of hydrogen-bond acceptors (Lipinski definition) is 4. The molecule has 0 aromatic carbocycles. The highest BCUT2D eigenvalue weighted by Crippen LogP contribution is 2.39. The first-order valence-electron chi connectivity index (χ1n) is 11.2. The molecule has 0 aliphatic heterocycles. The molecule has 1 aromatic rings. The van der Waals surface area contributed by atoms with Crippen molar-refractivity contribution in [3.05, 3.63) is 27.7 Å². The van der Waals surface area contributed by atoms with Crippen molar-refractivity contribution < 1.29 is 9.53 Å². The van der Waals surface area contributed by atoms with Gasteiger partial charge in [0.05, 0.1) is 16.8 Å². The fourth-order valence-electron chi connectivity index (χ4n) is 3.16. The van der Waals surface area contributed by atoms with E-state index in [1.54, 1.807) is 11.3 Å². The quantitative estimate of drug-likeness (QED) is 0.277. The molecule has 3 atom stereocenters. The van der Waals surface area contributed by atoms with Gasteiger partial charge in [0.15, 0.2) is 8.32 Å². The standard InChI is InChI=1S/C24H45NO2SSi/c1-18(11-10-12-19(2)16-26)13-14-23(27-29(8,9)24(5,6)7)20(3)15-22-17-28-21(4)25-22/h13,17,19-20,23,26H,10-12,14-16H2,1-9H3/b18-13-/t19-,20?,23-/m1/s1. The average molecular weight is 440 g/mol. The van der Waals surface area contributed by atoms with Gasteiger partial charge in [-0.3, -0.25) is 0 Å². The summed E-state index contributed by atoms with van der Waals surface area (Å²) in [6, 6.07) is 0. The Hall–Kier alpha value is -0.493. The zero-order valence-electron chi connectivity index (χ0n) is 20.3. The van der Waals surface area contributed by atoms with Crippen LogP contribution < -0.4 is 0 Å². The lowest BCUT2D eigenvalue weighted by Crippen LogP contribution is -2.45. The summed E-state index contributed by atoms with van der Waals surface area (Å²) >= 11 is 1.73. The van der Waals surface area contributed by atoms with Crippen molar-refractivity contribution in [3.63, 3.8) is 0 Å². The summed E-state index contributed by atoms with van der Waals surface area (Å²) in [4.78, 5) is 4.68. The van der Waals surface area contributed by atoms with E-state index in [2.05, 4.69) is 78.0 Å². The third-order valence-electron chi connectivity index (χ3n) is 6.36. The molecule has 0 saturated carbocycles. The molecule has 0 saturated heterocycles. The Morgan fingerprint density at radius 3 is 2.48 bits per heavy atom. The van der Waals surface area contributed by atoms with Crippen LogP contribution in [0.3, 0.4) is 0 Å². The molecular weight excluding hydrogens is 394 g/mol. The summed E-state index contributed by atoms with van der Waals surface area (Å²) in [6.45, 7) is 20.7. The Labute approximate surface area is 185 Å². The maximum absolute atomic E-state index is 9.20. The zero-order valence-corrected chi connectivity index (χ0v) is 22.2. The minimum atomic E-state index is -1.83. The molecule has 1 rings (SSSR count). The number of aliphatic hydroxyl groups excluding tert-OH is 1. The number of aliphatic hydroxyl groups is 1. The van der Waals surface area contributed by atoms with Crippen molar-refractivity contribution in [2.45, 2.75) is 105 Å². The van der Waals surface area contributed by atoms with Crippen LogP contribution in [0.5, 0.6) is 0 Å². The Morgan fingerprint density at radius 2 is 1.97 bits per heavy atom. The van der Waals surface area contributed by atoms with Crippen LogP contribution in [-0.4, -0.2) is 31.1 Å². The number of allylic oxidation sites excluding steroid dienone is 1. The van der Waals surface area contributed by atoms with Crippen LogP contribution in [0, 0.1) is 18.8 Å². The average Bonchev–Trinajstić information content (AvgIpc) is 3.01. The largest absolute Gasteiger partial charge is 0.413 e. The van der Waals surface area contributed by atoms with E-state index in [1.165, 1.54) is 11.3 Å². The number of hydrogen-bond donors (Lipinski definition) is 1. The van der Waals surface area contributed by atoms with Gasteiger partial charge in [0.1, 0.15) is 0 Å². The van der Waals surface area contributed by atoms with Gasteiger partial charge in [-0.2, -0.15) is 0 Å². The summed E-state index contributed by atoms with van der Waals surface area (Å²) in [5.41, 5.74) is 2.64.